The van der Waals surface area contributed by atoms with Gasteiger partial charge in [0.15, 0.2) is 11.6 Å². The minimum Gasteiger partial charge on any atom is -0.490 e. The van der Waals surface area contributed by atoms with Crippen LogP contribution in [-0.4, -0.2) is 6.61 Å². The molecule has 0 saturated carbocycles. The summed E-state index contributed by atoms with van der Waals surface area (Å²) in [6, 6.07) is 0.855. The van der Waals surface area contributed by atoms with Gasteiger partial charge >= 0.3 is 0 Å². The molecule has 1 atom stereocenters. The molecule has 0 aromatic heterocycles. The maximum Gasteiger partial charge on any atom is 0.200 e. The molecule has 0 aliphatic carbocycles. The smallest absolute Gasteiger partial charge is 0.200 e. The average Bonchev–Trinajstić information content (AvgIpc) is 2.59. The van der Waals surface area contributed by atoms with Crippen molar-refractivity contribution in [2.45, 2.75) is 19.4 Å². The van der Waals surface area contributed by atoms with Gasteiger partial charge in [0.1, 0.15) is 0 Å². The van der Waals surface area contributed by atoms with Crippen molar-refractivity contribution < 1.29 is 13.5 Å². The van der Waals surface area contributed by atoms with Crippen LogP contribution in [0.3, 0.4) is 0 Å². The molecule has 0 saturated heterocycles. The standard InChI is InChI=1S/C10H11F2NO/c1-5(13)7-4-8(11)9(12)10-6(7)2-3-14-10/h4-5H,2-3,13H2,1H3/t5-/m0/s1. The molecule has 0 bridgehead atoms. The molecule has 76 valence electrons. The summed E-state index contributed by atoms with van der Waals surface area (Å²) in [4.78, 5) is 0. The highest BCUT2D eigenvalue weighted by molar-refractivity contribution is 5.45. The zero-order valence-corrected chi connectivity index (χ0v) is 7.81. The second kappa shape index (κ2) is 3.20. The molecule has 1 aromatic carbocycles. The summed E-state index contributed by atoms with van der Waals surface area (Å²) in [6.45, 7) is 2.14. The molecule has 2 N–H and O–H groups in total. The first kappa shape index (κ1) is 9.40. The van der Waals surface area contributed by atoms with Crippen LogP contribution in [0.2, 0.25) is 0 Å². The quantitative estimate of drug-likeness (QED) is 0.749. The fourth-order valence-electron chi connectivity index (χ4n) is 1.73. The number of hydrogen-bond acceptors (Lipinski definition) is 2. The van der Waals surface area contributed by atoms with Crippen LogP contribution in [0.25, 0.3) is 0 Å². The fourth-order valence-corrected chi connectivity index (χ4v) is 1.73. The molecule has 0 amide bonds. The lowest BCUT2D eigenvalue weighted by atomic mass is 9.99. The van der Waals surface area contributed by atoms with Crippen LogP contribution in [0, 0.1) is 11.6 Å². The van der Waals surface area contributed by atoms with Crippen molar-refractivity contribution in [2.24, 2.45) is 5.73 Å². The lowest BCUT2D eigenvalue weighted by Crippen LogP contribution is -2.09. The normalized spacial score (nSPS) is 16.3. The van der Waals surface area contributed by atoms with Crippen LogP contribution in [0.15, 0.2) is 6.07 Å². The number of ether oxygens (including phenoxy) is 1. The van der Waals surface area contributed by atoms with Crippen molar-refractivity contribution in [1.29, 1.82) is 0 Å². The molecule has 2 rings (SSSR count). The van der Waals surface area contributed by atoms with E-state index >= 15 is 0 Å². The Morgan fingerprint density at radius 3 is 2.86 bits per heavy atom. The van der Waals surface area contributed by atoms with E-state index in [1.165, 1.54) is 0 Å². The molecule has 0 unspecified atom stereocenters. The van der Waals surface area contributed by atoms with Crippen molar-refractivity contribution in [3.8, 4) is 5.75 Å². The number of nitrogens with two attached hydrogens (primary N) is 1. The van der Waals surface area contributed by atoms with Crippen molar-refractivity contribution in [2.75, 3.05) is 6.61 Å². The van der Waals surface area contributed by atoms with Gasteiger partial charge in [0.2, 0.25) is 5.82 Å². The van der Waals surface area contributed by atoms with Crippen molar-refractivity contribution in [1.82, 2.24) is 0 Å². The number of fused-ring (bicyclic) bond motifs is 1. The van der Waals surface area contributed by atoms with Crippen LogP contribution in [0.5, 0.6) is 5.75 Å². The summed E-state index contributed by atoms with van der Waals surface area (Å²) in [5.41, 5.74) is 7.00. The third kappa shape index (κ3) is 1.26. The zero-order valence-electron chi connectivity index (χ0n) is 7.81. The Morgan fingerprint density at radius 1 is 1.50 bits per heavy atom. The van der Waals surface area contributed by atoms with Gasteiger partial charge in [-0.25, -0.2) is 4.39 Å². The highest BCUT2D eigenvalue weighted by Crippen LogP contribution is 2.35. The summed E-state index contributed by atoms with van der Waals surface area (Å²) in [5.74, 6) is -1.75. The Bertz CT molecular complexity index is 377. The van der Waals surface area contributed by atoms with E-state index in [0.29, 0.717) is 24.2 Å². The van der Waals surface area contributed by atoms with Crippen LogP contribution < -0.4 is 10.5 Å². The van der Waals surface area contributed by atoms with Crippen molar-refractivity contribution in [3.05, 3.63) is 28.8 Å². The van der Waals surface area contributed by atoms with Crippen LogP contribution in [0.4, 0.5) is 8.78 Å². The van der Waals surface area contributed by atoms with E-state index in [-0.39, 0.29) is 11.8 Å². The van der Waals surface area contributed by atoms with Gasteiger partial charge in [0, 0.05) is 18.0 Å². The molecule has 14 heavy (non-hydrogen) atoms. The second-order valence-corrected chi connectivity index (χ2v) is 3.46. The largest absolute Gasteiger partial charge is 0.490 e. The number of halogens is 2. The van der Waals surface area contributed by atoms with Gasteiger partial charge in [-0.2, -0.15) is 4.39 Å². The third-order valence-corrected chi connectivity index (χ3v) is 2.40. The topological polar surface area (TPSA) is 35.2 Å². The van der Waals surface area contributed by atoms with Crippen LogP contribution in [-0.2, 0) is 6.42 Å². The lowest BCUT2D eigenvalue weighted by Gasteiger charge is -2.11. The van der Waals surface area contributed by atoms with Gasteiger partial charge in [-0.1, -0.05) is 0 Å². The van der Waals surface area contributed by atoms with E-state index in [2.05, 4.69) is 0 Å². The van der Waals surface area contributed by atoms with E-state index in [0.717, 1.165) is 6.07 Å². The number of benzene rings is 1. The Balaban J connectivity index is 2.64. The number of rotatable bonds is 1. The van der Waals surface area contributed by atoms with Crippen molar-refractivity contribution >= 4 is 0 Å². The summed E-state index contributed by atoms with van der Waals surface area (Å²) in [6.07, 6.45) is 0.601. The molecule has 2 nitrogen and oxygen atoms in total. The van der Waals surface area contributed by atoms with Crippen molar-refractivity contribution in [3.63, 3.8) is 0 Å². The monoisotopic (exact) mass is 199 g/mol. The molecule has 1 heterocycles. The highest BCUT2D eigenvalue weighted by Gasteiger charge is 2.25. The molecule has 1 aliphatic rings. The predicted octanol–water partition coefficient (Wildman–Crippen LogP) is 1.92. The van der Waals surface area contributed by atoms with E-state index in [4.69, 9.17) is 10.5 Å². The molecule has 1 aromatic rings. The average molecular weight is 199 g/mol. The Morgan fingerprint density at radius 2 is 2.21 bits per heavy atom. The Labute approximate surface area is 80.7 Å². The minimum atomic E-state index is -0.901. The van der Waals surface area contributed by atoms with E-state index in [1.807, 2.05) is 0 Å². The fraction of sp³-hybridized carbons (Fsp3) is 0.400. The molecule has 0 spiro atoms. The predicted molar refractivity (Wildman–Crippen MR) is 48.2 cm³/mol. The zero-order chi connectivity index (χ0) is 10.3. The second-order valence-electron chi connectivity index (χ2n) is 3.46. The van der Waals surface area contributed by atoms with Gasteiger partial charge in [-0.15, -0.1) is 0 Å². The summed E-state index contributed by atoms with van der Waals surface area (Å²) >= 11 is 0. The van der Waals surface area contributed by atoms with Gasteiger partial charge in [0.25, 0.3) is 0 Å². The third-order valence-electron chi connectivity index (χ3n) is 2.40. The summed E-state index contributed by atoms with van der Waals surface area (Å²) < 4.78 is 31.3. The molecule has 0 fully saturated rings. The molecule has 1 aliphatic heterocycles. The first-order valence-corrected chi connectivity index (χ1v) is 4.50. The maximum absolute atomic E-state index is 13.2. The van der Waals surface area contributed by atoms with E-state index in [9.17, 15) is 8.78 Å². The van der Waals surface area contributed by atoms with Gasteiger partial charge < -0.3 is 10.5 Å². The highest BCUT2D eigenvalue weighted by atomic mass is 19.2. The van der Waals surface area contributed by atoms with Gasteiger partial charge in [-0.3, -0.25) is 0 Å². The molecule has 0 radical (unpaired) electrons. The summed E-state index contributed by atoms with van der Waals surface area (Å²) in [5, 5.41) is 0. The molecule has 4 heteroatoms. The minimum absolute atomic E-state index is 0.0392. The lowest BCUT2D eigenvalue weighted by molar-refractivity contribution is 0.331. The summed E-state index contributed by atoms with van der Waals surface area (Å²) in [7, 11) is 0. The Hall–Kier alpha value is -1.16. The van der Waals surface area contributed by atoms with Crippen LogP contribution in [0.1, 0.15) is 24.1 Å². The first-order chi connectivity index (χ1) is 6.61. The van der Waals surface area contributed by atoms with E-state index in [1.54, 1.807) is 6.92 Å². The first-order valence-electron chi connectivity index (χ1n) is 4.50. The van der Waals surface area contributed by atoms with Gasteiger partial charge in [-0.05, 0) is 18.6 Å². The maximum atomic E-state index is 13.2. The van der Waals surface area contributed by atoms with E-state index < -0.39 is 11.6 Å². The number of hydrogen-bond donors (Lipinski definition) is 1. The SMILES string of the molecule is C[C@H](N)c1cc(F)c(F)c2c1CCO2. The molecular formula is C10H11F2NO. The van der Waals surface area contributed by atoms with Gasteiger partial charge in [0.05, 0.1) is 6.61 Å². The van der Waals surface area contributed by atoms with Crippen LogP contribution >= 0.6 is 0 Å². The molecular weight excluding hydrogens is 188 g/mol. The Kier molecular flexibility index (Phi) is 2.15.